The highest BCUT2D eigenvalue weighted by atomic mass is 32.2. The van der Waals surface area contributed by atoms with E-state index in [1.165, 1.54) is 11.8 Å². The summed E-state index contributed by atoms with van der Waals surface area (Å²) >= 11 is 1.29. The van der Waals surface area contributed by atoms with Gasteiger partial charge in [0.2, 0.25) is 11.8 Å². The van der Waals surface area contributed by atoms with Crippen LogP contribution in [0.3, 0.4) is 0 Å². The molecule has 5 heteroatoms. The summed E-state index contributed by atoms with van der Waals surface area (Å²) in [7, 11) is 0. The van der Waals surface area contributed by atoms with Crippen molar-refractivity contribution in [3.05, 3.63) is 83.9 Å². The molecular formula is C24H24N2O2S. The standard InChI is InChI=1S/C24H24N2O2S/c1-17-8-13-22(18(2)14-17)26-24(28)16-29-15-23(27)25-21-11-9-20(10-12-21)19-6-4-3-5-7-19/h3-14H,15-16H2,1-2H3,(H,25,27)(H,26,28). The zero-order valence-corrected chi connectivity index (χ0v) is 17.4. The zero-order valence-electron chi connectivity index (χ0n) is 16.6. The van der Waals surface area contributed by atoms with Crippen LogP contribution < -0.4 is 10.6 Å². The van der Waals surface area contributed by atoms with E-state index in [9.17, 15) is 9.59 Å². The smallest absolute Gasteiger partial charge is 0.234 e. The second-order valence-corrected chi connectivity index (χ2v) is 7.84. The van der Waals surface area contributed by atoms with Crippen LogP contribution in [0.15, 0.2) is 72.8 Å². The Morgan fingerprint density at radius 1 is 0.759 bits per heavy atom. The van der Waals surface area contributed by atoms with E-state index >= 15 is 0 Å². The lowest BCUT2D eigenvalue weighted by atomic mass is 10.1. The van der Waals surface area contributed by atoms with Crippen LogP contribution in [0.4, 0.5) is 11.4 Å². The average Bonchev–Trinajstić information content (AvgIpc) is 2.71. The third-order valence-electron chi connectivity index (χ3n) is 4.40. The molecule has 0 aliphatic rings. The molecule has 0 atom stereocenters. The largest absolute Gasteiger partial charge is 0.325 e. The van der Waals surface area contributed by atoms with Crippen LogP contribution in [0.5, 0.6) is 0 Å². The van der Waals surface area contributed by atoms with Crippen molar-refractivity contribution in [2.45, 2.75) is 13.8 Å². The normalized spacial score (nSPS) is 10.4. The molecule has 0 fully saturated rings. The third-order valence-corrected chi connectivity index (χ3v) is 5.33. The van der Waals surface area contributed by atoms with Gasteiger partial charge in [0.25, 0.3) is 0 Å². The number of carbonyl (C=O) groups is 2. The Labute approximate surface area is 175 Å². The van der Waals surface area contributed by atoms with Crippen LogP contribution in [0.1, 0.15) is 11.1 Å². The van der Waals surface area contributed by atoms with E-state index < -0.39 is 0 Å². The molecular weight excluding hydrogens is 380 g/mol. The number of hydrogen-bond donors (Lipinski definition) is 2. The van der Waals surface area contributed by atoms with E-state index in [0.29, 0.717) is 0 Å². The van der Waals surface area contributed by atoms with E-state index in [2.05, 4.69) is 10.6 Å². The van der Waals surface area contributed by atoms with Crippen LogP contribution in [-0.4, -0.2) is 23.3 Å². The summed E-state index contributed by atoms with van der Waals surface area (Å²) in [5.41, 5.74) is 5.97. The number of hydrogen-bond acceptors (Lipinski definition) is 3. The SMILES string of the molecule is Cc1ccc(NC(=O)CSCC(=O)Nc2ccc(-c3ccccc3)cc2)c(C)c1. The van der Waals surface area contributed by atoms with Crippen molar-refractivity contribution in [2.75, 3.05) is 22.1 Å². The minimum absolute atomic E-state index is 0.109. The quantitative estimate of drug-likeness (QED) is 0.563. The molecule has 2 amide bonds. The second-order valence-electron chi connectivity index (χ2n) is 6.85. The first-order chi connectivity index (χ1) is 14.0. The minimum atomic E-state index is -0.123. The monoisotopic (exact) mass is 404 g/mol. The van der Waals surface area contributed by atoms with Gasteiger partial charge < -0.3 is 10.6 Å². The molecule has 3 aromatic carbocycles. The lowest BCUT2D eigenvalue weighted by Crippen LogP contribution is -2.18. The van der Waals surface area contributed by atoms with E-state index in [0.717, 1.165) is 33.6 Å². The molecule has 0 saturated heterocycles. The Kier molecular flexibility index (Phi) is 7.09. The van der Waals surface area contributed by atoms with Crippen molar-refractivity contribution >= 4 is 35.0 Å². The number of carbonyl (C=O) groups excluding carboxylic acids is 2. The maximum absolute atomic E-state index is 12.1. The zero-order chi connectivity index (χ0) is 20.6. The predicted octanol–water partition coefficient (Wildman–Crippen LogP) is 5.28. The molecule has 3 aromatic rings. The van der Waals surface area contributed by atoms with E-state index in [1.807, 2.05) is 86.6 Å². The summed E-state index contributed by atoms with van der Waals surface area (Å²) in [4.78, 5) is 24.2. The van der Waals surface area contributed by atoms with Gasteiger partial charge in [-0.25, -0.2) is 0 Å². The number of thioether (sulfide) groups is 1. The molecule has 0 heterocycles. The first kappa shape index (κ1) is 20.7. The lowest BCUT2D eigenvalue weighted by molar-refractivity contribution is -0.114. The highest BCUT2D eigenvalue weighted by molar-refractivity contribution is 8.00. The molecule has 29 heavy (non-hydrogen) atoms. The fourth-order valence-electron chi connectivity index (χ4n) is 2.95. The number of anilines is 2. The van der Waals surface area contributed by atoms with Crippen LogP contribution >= 0.6 is 11.8 Å². The fraction of sp³-hybridized carbons (Fsp3) is 0.167. The fourth-order valence-corrected chi connectivity index (χ4v) is 3.57. The number of benzene rings is 3. The molecule has 0 bridgehead atoms. The molecule has 0 unspecified atom stereocenters. The molecule has 0 radical (unpaired) electrons. The number of nitrogens with one attached hydrogen (secondary N) is 2. The summed E-state index contributed by atoms with van der Waals surface area (Å²) in [5.74, 6) is 0.220. The summed E-state index contributed by atoms with van der Waals surface area (Å²) < 4.78 is 0. The molecule has 0 aromatic heterocycles. The maximum Gasteiger partial charge on any atom is 0.234 e. The van der Waals surface area contributed by atoms with Gasteiger partial charge in [0.15, 0.2) is 0 Å². The third kappa shape index (κ3) is 6.22. The van der Waals surface area contributed by atoms with Crippen molar-refractivity contribution in [2.24, 2.45) is 0 Å². The highest BCUT2D eigenvalue weighted by Gasteiger charge is 2.08. The van der Waals surface area contributed by atoms with Gasteiger partial charge in [-0.3, -0.25) is 9.59 Å². The van der Waals surface area contributed by atoms with Crippen molar-refractivity contribution in [3.8, 4) is 11.1 Å². The van der Waals surface area contributed by atoms with Gasteiger partial charge in [0.05, 0.1) is 11.5 Å². The predicted molar refractivity (Wildman–Crippen MR) is 122 cm³/mol. The number of aryl methyl sites for hydroxylation is 2. The topological polar surface area (TPSA) is 58.2 Å². The number of amides is 2. The first-order valence-corrected chi connectivity index (χ1v) is 10.6. The molecule has 2 N–H and O–H groups in total. The van der Waals surface area contributed by atoms with E-state index in [-0.39, 0.29) is 23.3 Å². The maximum atomic E-state index is 12.1. The molecule has 3 rings (SSSR count). The van der Waals surface area contributed by atoms with E-state index in [4.69, 9.17) is 0 Å². The van der Waals surface area contributed by atoms with Gasteiger partial charge in [-0.15, -0.1) is 11.8 Å². The summed E-state index contributed by atoms with van der Waals surface area (Å²) in [6.07, 6.45) is 0. The van der Waals surface area contributed by atoms with Crippen LogP contribution in [-0.2, 0) is 9.59 Å². The van der Waals surface area contributed by atoms with Gasteiger partial charge in [-0.2, -0.15) is 0 Å². The van der Waals surface area contributed by atoms with Crippen molar-refractivity contribution < 1.29 is 9.59 Å². The van der Waals surface area contributed by atoms with Gasteiger partial charge in [-0.1, -0.05) is 60.2 Å². The summed E-state index contributed by atoms with van der Waals surface area (Å²) in [6, 6.07) is 23.7. The van der Waals surface area contributed by atoms with Gasteiger partial charge >= 0.3 is 0 Å². The van der Waals surface area contributed by atoms with Gasteiger partial charge in [0.1, 0.15) is 0 Å². The van der Waals surface area contributed by atoms with Crippen molar-refractivity contribution in [1.82, 2.24) is 0 Å². The summed E-state index contributed by atoms with van der Waals surface area (Å²) in [5, 5.41) is 5.76. The molecule has 0 aliphatic heterocycles. The Morgan fingerprint density at radius 3 is 2.03 bits per heavy atom. The average molecular weight is 405 g/mol. The second kappa shape index (κ2) is 9.94. The van der Waals surface area contributed by atoms with Crippen LogP contribution in [0.2, 0.25) is 0 Å². The minimum Gasteiger partial charge on any atom is -0.325 e. The summed E-state index contributed by atoms with van der Waals surface area (Å²) in [6.45, 7) is 3.98. The molecule has 0 saturated carbocycles. The Morgan fingerprint density at radius 2 is 1.38 bits per heavy atom. The molecule has 0 spiro atoms. The van der Waals surface area contributed by atoms with Crippen molar-refractivity contribution in [1.29, 1.82) is 0 Å². The Hall–Kier alpha value is -3.05. The lowest BCUT2D eigenvalue weighted by Gasteiger charge is -2.09. The van der Waals surface area contributed by atoms with Gasteiger partial charge in [-0.05, 0) is 48.7 Å². The van der Waals surface area contributed by atoms with Crippen LogP contribution in [0, 0.1) is 13.8 Å². The Bertz CT molecular complexity index is 986. The molecule has 148 valence electrons. The molecule has 4 nitrogen and oxygen atoms in total. The van der Waals surface area contributed by atoms with Crippen molar-refractivity contribution in [3.63, 3.8) is 0 Å². The Balaban J connectivity index is 1.43. The van der Waals surface area contributed by atoms with E-state index in [1.54, 1.807) is 0 Å². The first-order valence-electron chi connectivity index (χ1n) is 9.41. The van der Waals surface area contributed by atoms with Gasteiger partial charge in [0, 0.05) is 11.4 Å². The number of rotatable bonds is 7. The van der Waals surface area contributed by atoms with Crippen LogP contribution in [0.25, 0.3) is 11.1 Å². The molecule has 0 aliphatic carbocycles. The highest BCUT2D eigenvalue weighted by Crippen LogP contribution is 2.21.